The Morgan fingerprint density at radius 1 is 1.00 bits per heavy atom. The van der Waals surface area contributed by atoms with Crippen molar-refractivity contribution in [3.8, 4) is 17.2 Å². The minimum absolute atomic E-state index is 0.0569. The minimum Gasteiger partial charge on any atom is -0.493 e. The molecule has 2 aromatic carbocycles. The highest BCUT2D eigenvalue weighted by molar-refractivity contribution is 7.89. The van der Waals surface area contributed by atoms with Gasteiger partial charge in [-0.1, -0.05) is 6.07 Å². The van der Waals surface area contributed by atoms with Crippen LogP contribution in [-0.4, -0.2) is 42.7 Å². The quantitative estimate of drug-likeness (QED) is 0.652. The molecule has 2 aromatic rings. The van der Waals surface area contributed by atoms with E-state index >= 15 is 0 Å². The Hall–Kier alpha value is -3.04. The number of anilines is 1. The molecule has 2 rings (SSSR count). The van der Waals surface area contributed by atoms with E-state index in [0.29, 0.717) is 28.5 Å². The molecule has 0 aliphatic rings. The summed E-state index contributed by atoms with van der Waals surface area (Å²) >= 11 is 0. The van der Waals surface area contributed by atoms with E-state index in [1.807, 2.05) is 0 Å². The third-order valence-corrected chi connectivity index (χ3v) is 5.21. The maximum absolute atomic E-state index is 12.2. The maximum Gasteiger partial charge on any atom is 0.248 e. The lowest BCUT2D eigenvalue weighted by molar-refractivity contribution is -0.111. The van der Waals surface area contributed by atoms with Crippen LogP contribution in [0.3, 0.4) is 0 Å². The lowest BCUT2D eigenvalue weighted by Gasteiger charge is -2.12. The number of methoxy groups -OCH3 is 3. The van der Waals surface area contributed by atoms with Crippen molar-refractivity contribution in [2.75, 3.05) is 33.7 Å². The Kier molecular flexibility index (Phi) is 7.02. The summed E-state index contributed by atoms with van der Waals surface area (Å²) in [4.78, 5) is 12.3. The largest absolute Gasteiger partial charge is 0.493 e. The Balaban J connectivity index is 2.20. The van der Waals surface area contributed by atoms with E-state index in [0.717, 1.165) is 0 Å². The Labute approximate surface area is 164 Å². The molecule has 0 bridgehead atoms. The average Bonchev–Trinajstić information content (AvgIpc) is 2.71. The molecule has 2 N–H and O–H groups in total. The van der Waals surface area contributed by atoms with Gasteiger partial charge in [0.1, 0.15) is 0 Å². The zero-order valence-electron chi connectivity index (χ0n) is 16.0. The SMILES string of the molecule is CNS(=O)(=O)c1cccc(NC(=O)/C=C/c2cc(OC)c(OC)c(OC)c2)c1. The monoisotopic (exact) mass is 406 g/mol. The van der Waals surface area contributed by atoms with Crippen molar-refractivity contribution in [1.82, 2.24) is 4.72 Å². The van der Waals surface area contributed by atoms with Crippen LogP contribution in [0.5, 0.6) is 17.2 Å². The molecule has 150 valence electrons. The molecule has 0 radical (unpaired) electrons. The summed E-state index contributed by atoms with van der Waals surface area (Å²) in [5.41, 5.74) is 1.02. The van der Waals surface area contributed by atoms with E-state index in [2.05, 4.69) is 10.0 Å². The van der Waals surface area contributed by atoms with Crippen LogP contribution in [0.15, 0.2) is 47.4 Å². The highest BCUT2D eigenvalue weighted by Gasteiger charge is 2.13. The molecule has 0 spiro atoms. The van der Waals surface area contributed by atoms with Crippen LogP contribution in [0.25, 0.3) is 6.08 Å². The molecular formula is C19H22N2O6S. The molecule has 0 fully saturated rings. The summed E-state index contributed by atoms with van der Waals surface area (Å²) in [5, 5.41) is 2.62. The molecule has 0 saturated carbocycles. The van der Waals surface area contributed by atoms with Gasteiger partial charge in [-0.15, -0.1) is 0 Å². The summed E-state index contributed by atoms with van der Waals surface area (Å²) in [5.74, 6) is 0.959. The Morgan fingerprint density at radius 3 is 2.18 bits per heavy atom. The molecule has 9 heteroatoms. The van der Waals surface area contributed by atoms with Crippen molar-refractivity contribution < 1.29 is 27.4 Å². The van der Waals surface area contributed by atoms with Crippen molar-refractivity contribution in [2.24, 2.45) is 0 Å². The first-order valence-corrected chi connectivity index (χ1v) is 9.65. The van der Waals surface area contributed by atoms with Gasteiger partial charge in [-0.3, -0.25) is 4.79 Å². The molecule has 0 atom stereocenters. The van der Waals surface area contributed by atoms with Gasteiger partial charge < -0.3 is 19.5 Å². The molecule has 0 aromatic heterocycles. The zero-order valence-corrected chi connectivity index (χ0v) is 16.8. The molecule has 0 unspecified atom stereocenters. The highest BCUT2D eigenvalue weighted by Crippen LogP contribution is 2.38. The van der Waals surface area contributed by atoms with Gasteiger partial charge in [0.25, 0.3) is 0 Å². The first-order chi connectivity index (χ1) is 13.3. The molecule has 0 aliphatic carbocycles. The van der Waals surface area contributed by atoms with Gasteiger partial charge in [-0.2, -0.15) is 0 Å². The molecular weight excluding hydrogens is 384 g/mol. The van der Waals surface area contributed by atoms with Crippen LogP contribution in [0.2, 0.25) is 0 Å². The van der Waals surface area contributed by atoms with E-state index in [1.54, 1.807) is 30.3 Å². The molecule has 0 heterocycles. The summed E-state index contributed by atoms with van der Waals surface area (Å²) in [6, 6.07) is 9.35. The number of sulfonamides is 1. The van der Waals surface area contributed by atoms with E-state index in [4.69, 9.17) is 14.2 Å². The number of rotatable bonds is 8. The number of carbonyl (C=O) groups excluding carboxylic acids is 1. The second-order valence-electron chi connectivity index (χ2n) is 5.52. The second-order valence-corrected chi connectivity index (χ2v) is 7.40. The van der Waals surface area contributed by atoms with Crippen LogP contribution in [-0.2, 0) is 14.8 Å². The number of ether oxygens (including phenoxy) is 3. The standard InChI is InChI=1S/C19H22N2O6S/c1-20-28(23,24)15-7-5-6-14(12-15)21-18(22)9-8-13-10-16(25-2)19(27-4)17(11-13)26-3/h5-12,20H,1-4H3,(H,21,22)/b9-8+. The van der Waals surface area contributed by atoms with Crippen molar-refractivity contribution in [3.63, 3.8) is 0 Å². The van der Waals surface area contributed by atoms with Crippen molar-refractivity contribution in [1.29, 1.82) is 0 Å². The van der Waals surface area contributed by atoms with E-state index in [-0.39, 0.29) is 4.90 Å². The van der Waals surface area contributed by atoms with Crippen LogP contribution < -0.4 is 24.2 Å². The number of benzene rings is 2. The first-order valence-electron chi connectivity index (χ1n) is 8.17. The molecule has 0 saturated heterocycles. The van der Waals surface area contributed by atoms with Gasteiger partial charge >= 0.3 is 0 Å². The summed E-state index contributed by atoms with van der Waals surface area (Å²) < 4.78 is 41.7. The van der Waals surface area contributed by atoms with Gasteiger partial charge in [-0.05, 0) is 49.0 Å². The Bertz CT molecular complexity index is 961. The topological polar surface area (TPSA) is 103 Å². The smallest absolute Gasteiger partial charge is 0.248 e. The highest BCUT2D eigenvalue weighted by atomic mass is 32.2. The third-order valence-electron chi connectivity index (χ3n) is 3.79. The van der Waals surface area contributed by atoms with Gasteiger partial charge in [0, 0.05) is 11.8 Å². The van der Waals surface area contributed by atoms with E-state index < -0.39 is 15.9 Å². The number of carbonyl (C=O) groups is 1. The molecule has 0 aliphatic heterocycles. The van der Waals surface area contributed by atoms with Gasteiger partial charge in [-0.25, -0.2) is 13.1 Å². The minimum atomic E-state index is -3.59. The maximum atomic E-state index is 12.2. The van der Waals surface area contributed by atoms with Crippen molar-refractivity contribution in [2.45, 2.75) is 4.90 Å². The average molecular weight is 406 g/mol. The fourth-order valence-electron chi connectivity index (χ4n) is 2.41. The summed E-state index contributed by atoms with van der Waals surface area (Å²) in [7, 11) is 2.24. The predicted molar refractivity (Wildman–Crippen MR) is 106 cm³/mol. The Morgan fingerprint density at radius 2 is 1.64 bits per heavy atom. The van der Waals surface area contributed by atoms with E-state index in [1.165, 1.54) is 46.6 Å². The number of amides is 1. The number of hydrogen-bond donors (Lipinski definition) is 2. The van der Waals surface area contributed by atoms with Crippen LogP contribution in [0.4, 0.5) is 5.69 Å². The van der Waals surface area contributed by atoms with Crippen molar-refractivity contribution >= 4 is 27.7 Å². The van der Waals surface area contributed by atoms with Crippen molar-refractivity contribution in [3.05, 3.63) is 48.0 Å². The van der Waals surface area contributed by atoms with Crippen LogP contribution in [0, 0.1) is 0 Å². The van der Waals surface area contributed by atoms with E-state index in [9.17, 15) is 13.2 Å². The molecule has 8 nitrogen and oxygen atoms in total. The fraction of sp³-hybridized carbons (Fsp3) is 0.211. The summed E-state index contributed by atoms with van der Waals surface area (Å²) in [6.45, 7) is 0. The van der Waals surface area contributed by atoms with Gasteiger partial charge in [0.05, 0.1) is 26.2 Å². The number of nitrogens with one attached hydrogen (secondary N) is 2. The van der Waals surface area contributed by atoms with Gasteiger partial charge in [0.15, 0.2) is 11.5 Å². The van der Waals surface area contributed by atoms with Crippen LogP contribution in [0.1, 0.15) is 5.56 Å². The zero-order chi connectivity index (χ0) is 20.7. The fourth-order valence-corrected chi connectivity index (χ4v) is 3.19. The normalized spacial score (nSPS) is 11.3. The lowest BCUT2D eigenvalue weighted by atomic mass is 10.1. The number of hydrogen-bond acceptors (Lipinski definition) is 6. The second kappa shape index (κ2) is 9.25. The lowest BCUT2D eigenvalue weighted by Crippen LogP contribution is -2.18. The first kappa shape index (κ1) is 21.3. The molecule has 1 amide bonds. The van der Waals surface area contributed by atoms with Crippen LogP contribution >= 0.6 is 0 Å². The summed E-state index contributed by atoms with van der Waals surface area (Å²) in [6.07, 6.45) is 2.90. The predicted octanol–water partition coefficient (Wildman–Crippen LogP) is 2.27. The third kappa shape index (κ3) is 5.02. The molecule has 28 heavy (non-hydrogen) atoms. The van der Waals surface area contributed by atoms with Gasteiger partial charge in [0.2, 0.25) is 21.7 Å².